The van der Waals surface area contributed by atoms with Gasteiger partial charge in [-0.3, -0.25) is 0 Å². The van der Waals surface area contributed by atoms with E-state index in [-0.39, 0.29) is 6.10 Å². The van der Waals surface area contributed by atoms with Crippen molar-refractivity contribution in [1.29, 1.82) is 0 Å². The number of hydrogen-bond acceptors (Lipinski definition) is 3. The number of nitrogens with one attached hydrogen (secondary N) is 1. The summed E-state index contributed by atoms with van der Waals surface area (Å²) in [5, 5.41) is 3.51. The molecule has 0 aromatic carbocycles. The van der Waals surface area contributed by atoms with Gasteiger partial charge in [0.2, 0.25) is 0 Å². The van der Waals surface area contributed by atoms with Crippen molar-refractivity contribution in [2.75, 3.05) is 20.3 Å². The largest absolute Gasteiger partial charge is 0.377 e. The lowest BCUT2D eigenvalue weighted by Crippen LogP contribution is -2.60. The molecule has 3 heteroatoms. The molecule has 0 aliphatic heterocycles. The molecule has 0 spiro atoms. The maximum absolute atomic E-state index is 5.97. The van der Waals surface area contributed by atoms with E-state index in [9.17, 15) is 0 Å². The van der Waals surface area contributed by atoms with Gasteiger partial charge in [-0.05, 0) is 25.3 Å². The highest BCUT2D eigenvalue weighted by Gasteiger charge is 2.41. The van der Waals surface area contributed by atoms with Crippen LogP contribution in [-0.2, 0) is 9.47 Å². The van der Waals surface area contributed by atoms with E-state index in [0.29, 0.717) is 18.1 Å². The van der Waals surface area contributed by atoms with E-state index in [1.165, 1.54) is 19.3 Å². The van der Waals surface area contributed by atoms with Gasteiger partial charge >= 0.3 is 0 Å². The Bertz CT molecular complexity index is 195. The van der Waals surface area contributed by atoms with E-state index >= 15 is 0 Å². The van der Waals surface area contributed by atoms with Crippen molar-refractivity contribution < 1.29 is 9.47 Å². The molecule has 3 atom stereocenters. The summed E-state index contributed by atoms with van der Waals surface area (Å²) >= 11 is 0. The van der Waals surface area contributed by atoms with E-state index in [1.807, 2.05) is 0 Å². The highest BCUT2D eigenvalue weighted by molar-refractivity contribution is 4.97. The van der Waals surface area contributed by atoms with Crippen LogP contribution in [0, 0.1) is 5.92 Å². The van der Waals surface area contributed by atoms with Crippen molar-refractivity contribution >= 4 is 0 Å². The Morgan fingerprint density at radius 3 is 2.47 bits per heavy atom. The minimum absolute atomic E-state index is 0.246. The maximum Gasteiger partial charge on any atom is 0.0986 e. The van der Waals surface area contributed by atoms with Crippen LogP contribution in [0.3, 0.4) is 0 Å². The second-order valence-corrected chi connectivity index (χ2v) is 5.05. The van der Waals surface area contributed by atoms with Gasteiger partial charge in [-0.25, -0.2) is 0 Å². The molecule has 3 unspecified atom stereocenters. The summed E-state index contributed by atoms with van der Waals surface area (Å²) in [5.74, 6) is 0.704. The van der Waals surface area contributed by atoms with Gasteiger partial charge in [0.15, 0.2) is 0 Å². The molecular formula is C14H29NO2. The average Bonchev–Trinajstić information content (AvgIpc) is 2.32. The van der Waals surface area contributed by atoms with Gasteiger partial charge in [-0.1, -0.05) is 33.6 Å². The summed E-state index contributed by atoms with van der Waals surface area (Å²) in [7, 11) is 1.79. The standard InChI is InChI=1S/C14H29NO2/c1-5-8-15-12-9-13(14(12)16-4)17-10-11(6-2)7-3/h11-15H,5-10H2,1-4H3. The van der Waals surface area contributed by atoms with Crippen LogP contribution in [0.4, 0.5) is 0 Å². The molecule has 3 nitrogen and oxygen atoms in total. The second-order valence-electron chi connectivity index (χ2n) is 5.05. The molecule has 0 saturated heterocycles. The summed E-state index contributed by atoms with van der Waals surface area (Å²) in [5.41, 5.74) is 0. The smallest absolute Gasteiger partial charge is 0.0986 e. The number of hydrogen-bond donors (Lipinski definition) is 1. The second kappa shape index (κ2) is 8.06. The van der Waals surface area contributed by atoms with Crippen LogP contribution in [-0.4, -0.2) is 38.5 Å². The Hall–Kier alpha value is -0.120. The van der Waals surface area contributed by atoms with Crippen LogP contribution >= 0.6 is 0 Å². The van der Waals surface area contributed by atoms with E-state index in [4.69, 9.17) is 9.47 Å². The third-order valence-corrected chi connectivity index (χ3v) is 3.88. The highest BCUT2D eigenvalue weighted by Crippen LogP contribution is 2.27. The maximum atomic E-state index is 5.97. The Morgan fingerprint density at radius 1 is 1.24 bits per heavy atom. The van der Waals surface area contributed by atoms with E-state index in [1.54, 1.807) is 7.11 Å². The third kappa shape index (κ3) is 4.23. The first-order chi connectivity index (χ1) is 8.26. The first-order valence-corrected chi connectivity index (χ1v) is 7.14. The fourth-order valence-corrected chi connectivity index (χ4v) is 2.37. The van der Waals surface area contributed by atoms with Gasteiger partial charge in [-0.2, -0.15) is 0 Å². The summed E-state index contributed by atoms with van der Waals surface area (Å²) in [6, 6.07) is 0.492. The van der Waals surface area contributed by atoms with Crippen LogP contribution in [0.25, 0.3) is 0 Å². The topological polar surface area (TPSA) is 30.5 Å². The predicted octanol–water partition coefficient (Wildman–Crippen LogP) is 2.59. The Labute approximate surface area is 106 Å². The van der Waals surface area contributed by atoms with Crippen molar-refractivity contribution in [1.82, 2.24) is 5.32 Å². The van der Waals surface area contributed by atoms with Crippen molar-refractivity contribution in [2.24, 2.45) is 5.92 Å². The van der Waals surface area contributed by atoms with Gasteiger partial charge in [0.1, 0.15) is 0 Å². The zero-order valence-corrected chi connectivity index (χ0v) is 11.9. The number of methoxy groups -OCH3 is 1. The number of rotatable bonds is 9. The monoisotopic (exact) mass is 243 g/mol. The van der Waals surface area contributed by atoms with Crippen LogP contribution in [0.15, 0.2) is 0 Å². The summed E-state index contributed by atoms with van der Waals surface area (Å²) in [4.78, 5) is 0. The lowest BCUT2D eigenvalue weighted by molar-refractivity contribution is -0.140. The minimum atomic E-state index is 0.246. The SMILES string of the molecule is CCCNC1CC(OCC(CC)CC)C1OC. The van der Waals surface area contributed by atoms with Crippen molar-refractivity contribution in [3.05, 3.63) is 0 Å². The van der Waals surface area contributed by atoms with Crippen LogP contribution in [0.2, 0.25) is 0 Å². The molecule has 1 fully saturated rings. The number of ether oxygens (including phenoxy) is 2. The fourth-order valence-electron chi connectivity index (χ4n) is 2.37. The summed E-state index contributed by atoms with van der Waals surface area (Å²) in [6.45, 7) is 8.62. The van der Waals surface area contributed by atoms with Crippen molar-refractivity contribution in [3.8, 4) is 0 Å². The Kier molecular flexibility index (Phi) is 7.09. The van der Waals surface area contributed by atoms with E-state index in [2.05, 4.69) is 26.1 Å². The van der Waals surface area contributed by atoms with Gasteiger partial charge in [-0.15, -0.1) is 0 Å². The molecule has 1 aliphatic rings. The lowest BCUT2D eigenvalue weighted by atomic mass is 9.85. The zero-order chi connectivity index (χ0) is 12.7. The van der Waals surface area contributed by atoms with E-state index < -0.39 is 0 Å². The quantitative estimate of drug-likeness (QED) is 0.675. The molecule has 0 aromatic rings. The van der Waals surface area contributed by atoms with Gasteiger partial charge in [0.05, 0.1) is 12.2 Å². The summed E-state index contributed by atoms with van der Waals surface area (Å²) < 4.78 is 11.5. The molecular weight excluding hydrogens is 214 g/mol. The highest BCUT2D eigenvalue weighted by atomic mass is 16.5. The molecule has 17 heavy (non-hydrogen) atoms. The van der Waals surface area contributed by atoms with E-state index in [0.717, 1.165) is 19.6 Å². The molecule has 0 aromatic heterocycles. The van der Waals surface area contributed by atoms with Crippen LogP contribution in [0.5, 0.6) is 0 Å². The fraction of sp³-hybridized carbons (Fsp3) is 1.00. The Morgan fingerprint density at radius 2 is 1.94 bits per heavy atom. The zero-order valence-electron chi connectivity index (χ0n) is 11.9. The first-order valence-electron chi connectivity index (χ1n) is 7.14. The molecule has 0 heterocycles. The van der Waals surface area contributed by atoms with Gasteiger partial charge in [0.25, 0.3) is 0 Å². The molecule has 0 radical (unpaired) electrons. The molecule has 1 aliphatic carbocycles. The van der Waals surface area contributed by atoms with Crippen molar-refractivity contribution in [3.63, 3.8) is 0 Å². The third-order valence-electron chi connectivity index (χ3n) is 3.88. The first kappa shape index (κ1) is 14.9. The van der Waals surface area contributed by atoms with Gasteiger partial charge < -0.3 is 14.8 Å². The molecule has 0 amide bonds. The normalized spacial score (nSPS) is 28.4. The Balaban J connectivity index is 2.22. The predicted molar refractivity (Wildman–Crippen MR) is 71.3 cm³/mol. The van der Waals surface area contributed by atoms with Crippen LogP contribution < -0.4 is 5.32 Å². The van der Waals surface area contributed by atoms with Gasteiger partial charge in [0, 0.05) is 19.8 Å². The molecule has 0 bridgehead atoms. The van der Waals surface area contributed by atoms with Crippen molar-refractivity contribution in [2.45, 2.75) is 64.7 Å². The minimum Gasteiger partial charge on any atom is -0.377 e. The molecule has 102 valence electrons. The summed E-state index contributed by atoms with van der Waals surface area (Å²) in [6.07, 6.45) is 5.23. The van der Waals surface area contributed by atoms with Crippen LogP contribution in [0.1, 0.15) is 46.5 Å². The molecule has 1 saturated carbocycles. The average molecular weight is 243 g/mol. The lowest BCUT2D eigenvalue weighted by Gasteiger charge is -2.44. The molecule has 1 rings (SSSR count). The molecule has 1 N–H and O–H groups in total.